The zero-order chi connectivity index (χ0) is 24.2. The fourth-order valence-corrected chi connectivity index (χ4v) is 3.47. The van der Waals surface area contributed by atoms with E-state index in [9.17, 15) is 9.90 Å². The van der Waals surface area contributed by atoms with Crippen molar-refractivity contribution in [3.05, 3.63) is 71.8 Å². The average molecular weight is 476 g/mol. The molecule has 34 heavy (non-hydrogen) atoms. The number of hydrogen-bond donors (Lipinski definition) is 3. The summed E-state index contributed by atoms with van der Waals surface area (Å²) in [6.45, 7) is 6.64. The van der Waals surface area contributed by atoms with Crippen LogP contribution >= 0.6 is 12.2 Å². The summed E-state index contributed by atoms with van der Waals surface area (Å²) in [6.07, 6.45) is 0. The van der Waals surface area contributed by atoms with E-state index in [1.807, 2.05) is 25.1 Å². The van der Waals surface area contributed by atoms with Crippen molar-refractivity contribution in [3.8, 4) is 23.0 Å². The molecular formula is C26H25N3O4S. The minimum atomic E-state index is -0.360. The molecule has 8 heteroatoms. The second-order valence-corrected chi connectivity index (χ2v) is 8.77. The number of rotatable bonds is 6. The number of phenolic OH excluding ortho intramolecular Hbond substituents is 1. The first-order valence-electron chi connectivity index (χ1n) is 10.8. The largest absolute Gasteiger partial charge is 0.507 e. The number of ether oxygens (including phenoxy) is 1. The number of nitrogens with one attached hydrogen (secondary N) is 2. The van der Waals surface area contributed by atoms with E-state index in [0.29, 0.717) is 46.2 Å². The molecule has 1 heterocycles. The van der Waals surface area contributed by atoms with Gasteiger partial charge >= 0.3 is 0 Å². The van der Waals surface area contributed by atoms with Gasteiger partial charge in [-0.05, 0) is 79.2 Å². The van der Waals surface area contributed by atoms with Gasteiger partial charge in [-0.1, -0.05) is 26.0 Å². The first-order chi connectivity index (χ1) is 16.3. The highest BCUT2D eigenvalue weighted by molar-refractivity contribution is 7.80. The Morgan fingerprint density at radius 2 is 1.97 bits per heavy atom. The van der Waals surface area contributed by atoms with Crippen LogP contribution in [0.15, 0.2) is 65.1 Å². The number of anilines is 1. The van der Waals surface area contributed by atoms with Crippen molar-refractivity contribution in [3.63, 3.8) is 0 Å². The molecule has 1 amide bonds. The van der Waals surface area contributed by atoms with Crippen LogP contribution in [0, 0.1) is 12.8 Å². The lowest BCUT2D eigenvalue weighted by atomic mass is 10.1. The summed E-state index contributed by atoms with van der Waals surface area (Å²) in [5.41, 5.74) is 3.77. The molecule has 0 bridgehead atoms. The van der Waals surface area contributed by atoms with E-state index in [1.54, 1.807) is 36.4 Å². The van der Waals surface area contributed by atoms with Gasteiger partial charge in [-0.2, -0.15) is 0 Å². The van der Waals surface area contributed by atoms with Gasteiger partial charge in [-0.25, -0.2) is 4.98 Å². The van der Waals surface area contributed by atoms with Gasteiger partial charge in [-0.3, -0.25) is 10.1 Å². The van der Waals surface area contributed by atoms with Gasteiger partial charge in [0.05, 0.1) is 12.2 Å². The predicted octanol–water partition coefficient (Wildman–Crippen LogP) is 5.67. The summed E-state index contributed by atoms with van der Waals surface area (Å²) in [5, 5.41) is 16.1. The minimum Gasteiger partial charge on any atom is -0.507 e. The molecule has 3 aromatic carbocycles. The lowest BCUT2D eigenvalue weighted by Gasteiger charge is -2.12. The molecule has 0 radical (unpaired) electrons. The van der Waals surface area contributed by atoms with Crippen molar-refractivity contribution in [2.24, 2.45) is 5.92 Å². The molecule has 4 aromatic rings. The molecule has 0 aliphatic rings. The molecule has 0 aliphatic carbocycles. The van der Waals surface area contributed by atoms with E-state index in [4.69, 9.17) is 21.4 Å². The smallest absolute Gasteiger partial charge is 0.257 e. The number of carbonyl (C=O) groups is 1. The quantitative estimate of drug-likeness (QED) is 0.244. The van der Waals surface area contributed by atoms with Crippen molar-refractivity contribution in [2.45, 2.75) is 20.8 Å². The van der Waals surface area contributed by atoms with E-state index in [2.05, 4.69) is 29.5 Å². The van der Waals surface area contributed by atoms with Crippen LogP contribution in [0.1, 0.15) is 29.8 Å². The Labute approximate surface area is 202 Å². The number of fused-ring (bicyclic) bond motifs is 1. The third-order valence-electron chi connectivity index (χ3n) is 4.94. The van der Waals surface area contributed by atoms with E-state index < -0.39 is 0 Å². The average Bonchev–Trinajstić information content (AvgIpc) is 3.22. The predicted molar refractivity (Wildman–Crippen MR) is 136 cm³/mol. The van der Waals surface area contributed by atoms with Gasteiger partial charge in [0.2, 0.25) is 5.89 Å². The zero-order valence-electron chi connectivity index (χ0n) is 19.1. The highest BCUT2D eigenvalue weighted by Crippen LogP contribution is 2.33. The van der Waals surface area contributed by atoms with Crippen molar-refractivity contribution >= 4 is 40.0 Å². The van der Waals surface area contributed by atoms with Crippen molar-refractivity contribution in [2.75, 3.05) is 11.9 Å². The number of amides is 1. The van der Waals surface area contributed by atoms with Crippen LogP contribution in [-0.2, 0) is 0 Å². The zero-order valence-corrected chi connectivity index (χ0v) is 19.9. The third kappa shape index (κ3) is 5.52. The molecule has 0 saturated heterocycles. The van der Waals surface area contributed by atoms with E-state index in [0.717, 1.165) is 5.56 Å². The summed E-state index contributed by atoms with van der Waals surface area (Å²) in [5.74, 6) is 0.943. The lowest BCUT2D eigenvalue weighted by molar-refractivity contribution is 0.0977. The first kappa shape index (κ1) is 23.3. The molecule has 174 valence electrons. The molecule has 0 saturated carbocycles. The van der Waals surface area contributed by atoms with Crippen molar-refractivity contribution in [1.29, 1.82) is 0 Å². The Kier molecular flexibility index (Phi) is 6.79. The number of oxazole rings is 1. The maximum atomic E-state index is 12.6. The molecule has 0 fully saturated rings. The van der Waals surface area contributed by atoms with E-state index in [-0.39, 0.29) is 22.7 Å². The Hall–Kier alpha value is -3.91. The number of thiocarbonyl (C=S) groups is 1. The second-order valence-electron chi connectivity index (χ2n) is 8.36. The Bertz CT molecular complexity index is 1360. The number of carbonyl (C=O) groups excluding carboxylic acids is 1. The number of nitrogens with zero attached hydrogens (tertiary/aromatic N) is 1. The van der Waals surface area contributed by atoms with Crippen LogP contribution in [0.2, 0.25) is 0 Å². The fraction of sp³-hybridized carbons (Fsp3) is 0.192. The summed E-state index contributed by atoms with van der Waals surface area (Å²) >= 11 is 5.31. The summed E-state index contributed by atoms with van der Waals surface area (Å²) < 4.78 is 11.5. The number of phenols is 1. The topological polar surface area (TPSA) is 96.6 Å². The van der Waals surface area contributed by atoms with Gasteiger partial charge in [-0.15, -0.1) is 0 Å². The molecule has 3 N–H and O–H groups in total. The van der Waals surface area contributed by atoms with Crippen LogP contribution in [0.25, 0.3) is 22.6 Å². The molecule has 4 rings (SSSR count). The summed E-state index contributed by atoms with van der Waals surface area (Å²) in [6, 6.07) is 17.4. The maximum Gasteiger partial charge on any atom is 0.257 e. The number of aromatic hydroxyl groups is 1. The number of aromatic nitrogens is 1. The van der Waals surface area contributed by atoms with Crippen molar-refractivity contribution in [1.82, 2.24) is 10.3 Å². The molecule has 7 nitrogen and oxygen atoms in total. The van der Waals surface area contributed by atoms with Crippen LogP contribution in [-0.4, -0.2) is 27.7 Å². The van der Waals surface area contributed by atoms with Crippen LogP contribution < -0.4 is 15.4 Å². The Morgan fingerprint density at radius 1 is 1.15 bits per heavy atom. The molecular weight excluding hydrogens is 450 g/mol. The summed E-state index contributed by atoms with van der Waals surface area (Å²) in [4.78, 5) is 17.1. The Balaban J connectivity index is 1.46. The van der Waals surface area contributed by atoms with Crippen LogP contribution in [0.5, 0.6) is 11.5 Å². The molecule has 0 unspecified atom stereocenters. The van der Waals surface area contributed by atoms with Gasteiger partial charge in [0, 0.05) is 11.3 Å². The maximum absolute atomic E-state index is 12.6. The fourth-order valence-electron chi connectivity index (χ4n) is 3.26. The van der Waals surface area contributed by atoms with Crippen molar-refractivity contribution < 1.29 is 19.1 Å². The van der Waals surface area contributed by atoms with Gasteiger partial charge < -0.3 is 19.6 Å². The first-order valence-corrected chi connectivity index (χ1v) is 11.2. The second kappa shape index (κ2) is 9.93. The van der Waals surface area contributed by atoms with Gasteiger partial charge in [0.25, 0.3) is 5.91 Å². The highest BCUT2D eigenvalue weighted by atomic mass is 32.1. The SMILES string of the molecule is Cc1ccc2nc(-c3cc(NC(=S)NC(=O)c4cccc(OCC(C)C)c4)ccc3O)oc2c1. The van der Waals surface area contributed by atoms with E-state index in [1.165, 1.54) is 6.07 Å². The number of hydrogen-bond acceptors (Lipinski definition) is 6. The molecule has 0 aliphatic heterocycles. The monoisotopic (exact) mass is 475 g/mol. The minimum absolute atomic E-state index is 0.0157. The summed E-state index contributed by atoms with van der Waals surface area (Å²) in [7, 11) is 0. The van der Waals surface area contributed by atoms with Crippen LogP contribution in [0.3, 0.4) is 0 Å². The molecule has 1 aromatic heterocycles. The number of aryl methyl sites for hydroxylation is 1. The standard InChI is InChI=1S/C26H25N3O4S/c1-15(2)14-32-19-6-4-5-17(12-19)24(31)29-26(34)27-18-8-10-22(30)20(13-18)25-28-21-9-7-16(3)11-23(21)33-25/h4-13,15,30H,14H2,1-3H3,(H2,27,29,31,34). The van der Waals surface area contributed by atoms with E-state index >= 15 is 0 Å². The normalized spacial score (nSPS) is 10.9. The Morgan fingerprint density at radius 3 is 2.76 bits per heavy atom. The van der Waals surface area contributed by atoms with Crippen LogP contribution in [0.4, 0.5) is 5.69 Å². The number of benzene rings is 3. The molecule has 0 spiro atoms. The van der Waals surface area contributed by atoms with Gasteiger partial charge in [0.1, 0.15) is 17.0 Å². The van der Waals surface area contributed by atoms with Gasteiger partial charge in [0.15, 0.2) is 10.7 Å². The molecule has 0 atom stereocenters. The lowest BCUT2D eigenvalue weighted by Crippen LogP contribution is -2.34. The third-order valence-corrected chi connectivity index (χ3v) is 5.14. The highest BCUT2D eigenvalue weighted by Gasteiger charge is 2.15.